The van der Waals surface area contributed by atoms with Gasteiger partial charge in [0.2, 0.25) is 0 Å². The summed E-state index contributed by atoms with van der Waals surface area (Å²) in [4.78, 5) is 4.48. The van der Waals surface area contributed by atoms with E-state index in [9.17, 15) is 0 Å². The van der Waals surface area contributed by atoms with E-state index in [0.29, 0.717) is 0 Å². The van der Waals surface area contributed by atoms with Gasteiger partial charge in [0.05, 0.1) is 6.54 Å². The van der Waals surface area contributed by atoms with E-state index < -0.39 is 0 Å². The molecular weight excluding hydrogens is 134 g/mol. The highest BCUT2D eigenvalue weighted by atomic mass is 14.8. The lowest BCUT2D eigenvalue weighted by Crippen LogP contribution is -2.20. The third-order valence-corrected chi connectivity index (χ3v) is 1.98. The van der Waals surface area contributed by atoms with E-state index >= 15 is 0 Å². The summed E-state index contributed by atoms with van der Waals surface area (Å²) in [5, 5.41) is 0. The molecular formula is C10H17N. The van der Waals surface area contributed by atoms with E-state index in [2.05, 4.69) is 38.8 Å². The molecule has 0 amide bonds. The summed E-state index contributed by atoms with van der Waals surface area (Å²) in [6, 6.07) is 0. The van der Waals surface area contributed by atoms with Crippen molar-refractivity contribution >= 4 is 5.71 Å². The minimum Gasteiger partial charge on any atom is -0.285 e. The van der Waals surface area contributed by atoms with E-state index in [4.69, 9.17) is 0 Å². The molecule has 1 aliphatic rings. The van der Waals surface area contributed by atoms with Crippen LogP contribution in [0.3, 0.4) is 0 Å². The molecule has 0 saturated heterocycles. The zero-order valence-electron chi connectivity index (χ0n) is 7.94. The molecule has 1 nitrogen and oxygen atoms in total. The Morgan fingerprint density at radius 1 is 1.45 bits per heavy atom. The van der Waals surface area contributed by atoms with Gasteiger partial charge in [0, 0.05) is 11.1 Å². The Morgan fingerprint density at radius 3 is 2.45 bits per heavy atom. The topological polar surface area (TPSA) is 12.4 Å². The largest absolute Gasteiger partial charge is 0.285 e. The average Bonchev–Trinajstić information content (AvgIpc) is 2.31. The predicted octanol–water partition coefficient (Wildman–Crippen LogP) is 2.82. The smallest absolute Gasteiger partial charge is 0.0580 e. The van der Waals surface area contributed by atoms with Crippen molar-refractivity contribution in [2.24, 2.45) is 10.4 Å². The van der Waals surface area contributed by atoms with Crippen LogP contribution in [0.4, 0.5) is 0 Å². The molecule has 0 aromatic carbocycles. The normalized spacial score (nSPS) is 18.2. The zero-order chi connectivity index (χ0) is 8.48. The van der Waals surface area contributed by atoms with Gasteiger partial charge >= 0.3 is 0 Å². The first-order valence-corrected chi connectivity index (χ1v) is 4.30. The molecule has 11 heavy (non-hydrogen) atoms. The van der Waals surface area contributed by atoms with Crippen LogP contribution in [0.5, 0.6) is 0 Å². The molecule has 0 fully saturated rings. The molecule has 0 unspecified atom stereocenters. The minimum atomic E-state index is 0.234. The van der Waals surface area contributed by atoms with Crippen LogP contribution in [0.1, 0.15) is 34.1 Å². The van der Waals surface area contributed by atoms with Gasteiger partial charge in [-0.25, -0.2) is 0 Å². The zero-order valence-corrected chi connectivity index (χ0v) is 7.94. The molecule has 0 N–H and O–H groups in total. The fourth-order valence-corrected chi connectivity index (χ4v) is 1.48. The van der Waals surface area contributed by atoms with Crippen LogP contribution in [0.2, 0.25) is 0 Å². The first-order chi connectivity index (χ1) is 5.05. The van der Waals surface area contributed by atoms with Crippen molar-refractivity contribution in [2.75, 3.05) is 6.54 Å². The molecule has 0 bridgehead atoms. The van der Waals surface area contributed by atoms with Crippen molar-refractivity contribution in [3.63, 3.8) is 0 Å². The predicted molar refractivity (Wildman–Crippen MR) is 50.1 cm³/mol. The third-order valence-electron chi connectivity index (χ3n) is 1.98. The molecule has 1 heterocycles. The average molecular weight is 151 g/mol. The maximum Gasteiger partial charge on any atom is 0.0580 e. The fourth-order valence-electron chi connectivity index (χ4n) is 1.48. The maximum absolute atomic E-state index is 4.48. The van der Waals surface area contributed by atoms with Crippen LogP contribution in [0.25, 0.3) is 0 Å². The summed E-state index contributed by atoms with van der Waals surface area (Å²) in [7, 11) is 0. The van der Waals surface area contributed by atoms with Crippen molar-refractivity contribution in [1.82, 2.24) is 0 Å². The van der Waals surface area contributed by atoms with Gasteiger partial charge in [-0.15, -0.1) is 0 Å². The first-order valence-electron chi connectivity index (χ1n) is 4.30. The molecule has 0 aromatic heterocycles. The lowest BCUT2D eigenvalue weighted by atomic mass is 9.85. The molecule has 0 aliphatic carbocycles. The summed E-state index contributed by atoms with van der Waals surface area (Å²) >= 11 is 0. The molecule has 62 valence electrons. The third kappa shape index (κ3) is 1.70. The number of rotatable bonds is 1. The lowest BCUT2D eigenvalue weighted by Gasteiger charge is -2.20. The van der Waals surface area contributed by atoms with E-state index in [0.717, 1.165) is 13.0 Å². The maximum atomic E-state index is 4.48. The van der Waals surface area contributed by atoms with Gasteiger partial charge < -0.3 is 0 Å². The molecule has 0 radical (unpaired) electrons. The Hall–Kier alpha value is -0.590. The summed E-state index contributed by atoms with van der Waals surface area (Å²) in [6.07, 6.45) is 3.36. The van der Waals surface area contributed by atoms with Crippen LogP contribution >= 0.6 is 0 Å². The standard InChI is InChI=1S/C10H17N/c1-5-8-6-7-11-9(8)10(2,3)4/h6H,5,7H2,1-4H3. The van der Waals surface area contributed by atoms with Gasteiger partial charge in [-0.3, -0.25) is 4.99 Å². The van der Waals surface area contributed by atoms with E-state index in [1.165, 1.54) is 11.3 Å². The highest BCUT2D eigenvalue weighted by molar-refractivity contribution is 6.05. The summed E-state index contributed by atoms with van der Waals surface area (Å²) in [5.41, 5.74) is 2.98. The van der Waals surface area contributed by atoms with Gasteiger partial charge in [0.15, 0.2) is 0 Å². The second kappa shape index (κ2) is 2.80. The van der Waals surface area contributed by atoms with E-state index in [1.807, 2.05) is 0 Å². The molecule has 0 atom stereocenters. The van der Waals surface area contributed by atoms with Crippen LogP contribution in [-0.4, -0.2) is 12.3 Å². The Morgan fingerprint density at radius 2 is 2.09 bits per heavy atom. The summed E-state index contributed by atoms with van der Waals surface area (Å²) in [6.45, 7) is 9.76. The first kappa shape index (κ1) is 8.51. The van der Waals surface area contributed by atoms with Gasteiger partial charge in [0.25, 0.3) is 0 Å². The SMILES string of the molecule is CCC1=CCN=C1C(C)(C)C. The van der Waals surface area contributed by atoms with Gasteiger partial charge in [-0.05, 0) is 12.0 Å². The van der Waals surface area contributed by atoms with Gasteiger partial charge in [-0.1, -0.05) is 33.8 Å². The molecule has 1 heteroatoms. The highest BCUT2D eigenvalue weighted by Gasteiger charge is 2.23. The number of allylic oxidation sites excluding steroid dienone is 1. The number of nitrogens with zero attached hydrogens (tertiary/aromatic N) is 1. The number of aliphatic imine (C=N–C) groups is 1. The number of hydrogen-bond acceptors (Lipinski definition) is 1. The summed E-state index contributed by atoms with van der Waals surface area (Å²) < 4.78 is 0. The highest BCUT2D eigenvalue weighted by Crippen LogP contribution is 2.26. The van der Waals surface area contributed by atoms with Crippen molar-refractivity contribution in [3.05, 3.63) is 11.6 Å². The van der Waals surface area contributed by atoms with E-state index in [1.54, 1.807) is 0 Å². The van der Waals surface area contributed by atoms with Crippen molar-refractivity contribution in [3.8, 4) is 0 Å². The Balaban J connectivity index is 2.83. The molecule has 1 rings (SSSR count). The van der Waals surface area contributed by atoms with Crippen molar-refractivity contribution < 1.29 is 0 Å². The molecule has 0 spiro atoms. The number of hydrogen-bond donors (Lipinski definition) is 0. The second-order valence-corrected chi connectivity index (χ2v) is 4.02. The Labute approximate surface area is 69.2 Å². The molecule has 0 aromatic rings. The van der Waals surface area contributed by atoms with Crippen LogP contribution < -0.4 is 0 Å². The monoisotopic (exact) mass is 151 g/mol. The van der Waals surface area contributed by atoms with Crippen molar-refractivity contribution in [2.45, 2.75) is 34.1 Å². The quantitative estimate of drug-likeness (QED) is 0.546. The van der Waals surface area contributed by atoms with E-state index in [-0.39, 0.29) is 5.41 Å². The van der Waals surface area contributed by atoms with Crippen molar-refractivity contribution in [1.29, 1.82) is 0 Å². The van der Waals surface area contributed by atoms with Gasteiger partial charge in [-0.2, -0.15) is 0 Å². The summed E-state index contributed by atoms with van der Waals surface area (Å²) in [5.74, 6) is 0. The lowest BCUT2D eigenvalue weighted by molar-refractivity contribution is 0.590. The minimum absolute atomic E-state index is 0.234. The van der Waals surface area contributed by atoms with Crippen LogP contribution in [-0.2, 0) is 0 Å². The van der Waals surface area contributed by atoms with Crippen LogP contribution in [0, 0.1) is 5.41 Å². The Bertz CT molecular complexity index is 203. The van der Waals surface area contributed by atoms with Crippen LogP contribution in [0.15, 0.2) is 16.6 Å². The molecule has 0 saturated carbocycles. The Kier molecular flexibility index (Phi) is 2.17. The molecule has 1 aliphatic heterocycles. The fraction of sp³-hybridized carbons (Fsp3) is 0.700. The van der Waals surface area contributed by atoms with Gasteiger partial charge in [0.1, 0.15) is 0 Å². The second-order valence-electron chi connectivity index (χ2n) is 4.02.